The van der Waals surface area contributed by atoms with Crippen molar-refractivity contribution in [1.29, 1.82) is 0 Å². The van der Waals surface area contributed by atoms with Gasteiger partial charge in [-0.1, -0.05) is 11.3 Å². The summed E-state index contributed by atoms with van der Waals surface area (Å²) in [6.07, 6.45) is 3.07. The second kappa shape index (κ2) is 7.87. The Balaban J connectivity index is 1.79. The van der Waals surface area contributed by atoms with Gasteiger partial charge >= 0.3 is 6.03 Å². The van der Waals surface area contributed by atoms with E-state index in [4.69, 9.17) is 5.73 Å². The molecule has 1 saturated heterocycles. The van der Waals surface area contributed by atoms with Gasteiger partial charge < -0.3 is 15.5 Å². The molecule has 0 bridgehead atoms. The van der Waals surface area contributed by atoms with Crippen molar-refractivity contribution >= 4 is 34.4 Å². The molecule has 0 saturated carbocycles. The molecule has 1 aliphatic rings. The fourth-order valence-electron chi connectivity index (χ4n) is 2.96. The molecular weight excluding hydrogens is 366 g/mol. The van der Waals surface area contributed by atoms with Gasteiger partial charge in [-0.15, -0.1) is 0 Å². The zero-order chi connectivity index (χ0) is 19.6. The zero-order valence-corrected chi connectivity index (χ0v) is 16.4. The Bertz CT molecular complexity index is 854. The molecule has 0 radical (unpaired) electrons. The molecule has 9 nitrogen and oxygen atoms in total. The molecule has 0 spiro atoms. The van der Waals surface area contributed by atoms with Crippen molar-refractivity contribution < 1.29 is 9.59 Å². The number of nitrogens with one attached hydrogen (secondary N) is 1. The van der Waals surface area contributed by atoms with Gasteiger partial charge in [0.25, 0.3) is 0 Å². The topological polar surface area (TPSA) is 117 Å². The van der Waals surface area contributed by atoms with Crippen LogP contribution in [-0.2, 0) is 4.79 Å². The van der Waals surface area contributed by atoms with Gasteiger partial charge in [-0.25, -0.2) is 19.7 Å². The fourth-order valence-corrected chi connectivity index (χ4v) is 3.88. The molecule has 1 aliphatic heterocycles. The van der Waals surface area contributed by atoms with Crippen molar-refractivity contribution in [3.8, 4) is 10.6 Å². The van der Waals surface area contributed by atoms with E-state index in [1.54, 1.807) is 6.20 Å². The number of anilines is 2. The van der Waals surface area contributed by atoms with Gasteiger partial charge in [0, 0.05) is 26.3 Å². The molecule has 2 aromatic rings. The van der Waals surface area contributed by atoms with Crippen LogP contribution in [0.3, 0.4) is 0 Å². The van der Waals surface area contributed by atoms with E-state index in [0.29, 0.717) is 24.0 Å². The fraction of sp³-hybridized carbons (Fsp3) is 0.471. The van der Waals surface area contributed by atoms with Crippen molar-refractivity contribution in [2.75, 3.05) is 30.4 Å². The smallest absolute Gasteiger partial charge is 0.324 e. The Morgan fingerprint density at radius 1 is 1.44 bits per heavy atom. The summed E-state index contributed by atoms with van der Waals surface area (Å²) in [5.41, 5.74) is 6.91. The van der Waals surface area contributed by atoms with Crippen LogP contribution in [0, 0.1) is 6.92 Å². The summed E-state index contributed by atoms with van der Waals surface area (Å²) in [5, 5.41) is 3.25. The van der Waals surface area contributed by atoms with Crippen LogP contribution >= 0.6 is 11.3 Å². The van der Waals surface area contributed by atoms with E-state index in [0.717, 1.165) is 29.2 Å². The molecule has 1 atom stereocenters. The summed E-state index contributed by atoms with van der Waals surface area (Å²) in [7, 11) is 1.93. The van der Waals surface area contributed by atoms with Crippen molar-refractivity contribution in [2.24, 2.45) is 5.73 Å². The highest BCUT2D eigenvalue weighted by molar-refractivity contribution is 7.19. The molecule has 144 valence electrons. The number of nitrogens with zero attached hydrogens (tertiary/aromatic N) is 5. The third kappa shape index (κ3) is 4.00. The number of likely N-dealkylation sites (tertiary alicyclic amines) is 1. The maximum atomic E-state index is 12.5. The lowest BCUT2D eigenvalue weighted by atomic mass is 10.2. The van der Waals surface area contributed by atoms with Crippen LogP contribution < -0.4 is 16.0 Å². The molecule has 27 heavy (non-hydrogen) atoms. The van der Waals surface area contributed by atoms with Crippen LogP contribution in [0.4, 0.5) is 15.9 Å². The van der Waals surface area contributed by atoms with Gasteiger partial charge in [-0.3, -0.25) is 10.1 Å². The molecule has 1 fully saturated rings. The average molecular weight is 389 g/mol. The highest BCUT2D eigenvalue weighted by Crippen LogP contribution is 2.32. The normalized spacial score (nSPS) is 16.4. The van der Waals surface area contributed by atoms with E-state index < -0.39 is 11.9 Å². The molecule has 0 unspecified atom stereocenters. The zero-order valence-electron chi connectivity index (χ0n) is 15.6. The maximum absolute atomic E-state index is 12.5. The van der Waals surface area contributed by atoms with Crippen LogP contribution in [0.5, 0.6) is 0 Å². The van der Waals surface area contributed by atoms with Crippen LogP contribution in [0.2, 0.25) is 0 Å². The first-order valence-corrected chi connectivity index (χ1v) is 9.61. The monoisotopic (exact) mass is 389 g/mol. The number of carbonyl (C=O) groups is 2. The van der Waals surface area contributed by atoms with E-state index in [2.05, 4.69) is 20.3 Å². The van der Waals surface area contributed by atoms with Gasteiger partial charge in [0.1, 0.15) is 6.04 Å². The van der Waals surface area contributed by atoms with E-state index in [9.17, 15) is 9.59 Å². The number of aryl methyl sites for hydroxylation is 1. The Morgan fingerprint density at radius 2 is 2.22 bits per heavy atom. The first-order valence-electron chi connectivity index (χ1n) is 8.79. The van der Waals surface area contributed by atoms with Crippen LogP contribution in [0.1, 0.15) is 25.5 Å². The Labute approximate surface area is 161 Å². The maximum Gasteiger partial charge on any atom is 0.324 e. The standard InChI is InChI=1S/C17H23N7O2S/c1-4-23(3)15-19-8-7-11(21-15)13-10(2)20-16(27-13)22-17(26)24-9-5-6-12(24)14(18)25/h7-8,12H,4-6,9H2,1-3H3,(H2,18,25)(H,20,22,26)/t12-/m0/s1. The van der Waals surface area contributed by atoms with Crippen LogP contribution in [-0.4, -0.2) is 58.0 Å². The summed E-state index contributed by atoms with van der Waals surface area (Å²) < 4.78 is 0. The number of hydrogen-bond donors (Lipinski definition) is 2. The third-order valence-corrected chi connectivity index (χ3v) is 5.64. The minimum atomic E-state index is -0.556. The molecular formula is C17H23N7O2S. The number of rotatable bonds is 5. The highest BCUT2D eigenvalue weighted by atomic mass is 32.1. The van der Waals surface area contributed by atoms with Crippen molar-refractivity contribution in [2.45, 2.75) is 32.7 Å². The highest BCUT2D eigenvalue weighted by Gasteiger charge is 2.33. The van der Waals surface area contributed by atoms with Crippen molar-refractivity contribution in [1.82, 2.24) is 19.9 Å². The Kier molecular flexibility index (Phi) is 5.54. The lowest BCUT2D eigenvalue weighted by molar-refractivity contribution is -0.121. The number of primary amides is 1. The van der Waals surface area contributed by atoms with Crippen LogP contribution in [0.25, 0.3) is 10.6 Å². The van der Waals surface area contributed by atoms with E-state index in [1.165, 1.54) is 16.2 Å². The van der Waals surface area contributed by atoms with Gasteiger partial charge in [-0.05, 0) is 32.8 Å². The Hall–Kier alpha value is -2.75. The van der Waals surface area contributed by atoms with E-state index in [1.807, 2.05) is 31.9 Å². The molecule has 3 amide bonds. The average Bonchev–Trinajstić information content (AvgIpc) is 3.28. The predicted octanol–water partition coefficient (Wildman–Crippen LogP) is 1.85. The van der Waals surface area contributed by atoms with Gasteiger partial charge in [0.2, 0.25) is 11.9 Å². The number of carbonyl (C=O) groups excluding carboxylic acids is 2. The summed E-state index contributed by atoms with van der Waals surface area (Å²) in [5.74, 6) is 0.155. The minimum Gasteiger partial charge on any atom is -0.368 e. The number of urea groups is 1. The molecule has 3 heterocycles. The molecule has 2 aromatic heterocycles. The first-order chi connectivity index (χ1) is 12.9. The van der Waals surface area contributed by atoms with E-state index >= 15 is 0 Å². The third-order valence-electron chi connectivity index (χ3n) is 4.54. The summed E-state index contributed by atoms with van der Waals surface area (Å²) >= 11 is 1.34. The van der Waals surface area contributed by atoms with Crippen molar-refractivity contribution in [3.63, 3.8) is 0 Å². The van der Waals surface area contributed by atoms with Crippen molar-refractivity contribution in [3.05, 3.63) is 18.0 Å². The molecule has 0 aliphatic carbocycles. The number of amides is 3. The SMILES string of the molecule is CCN(C)c1nccc(-c2sc(NC(=O)N3CCC[C@H]3C(N)=O)nc2C)n1. The molecule has 10 heteroatoms. The lowest BCUT2D eigenvalue weighted by Gasteiger charge is -2.21. The number of thiazole rings is 1. The number of aromatic nitrogens is 3. The van der Waals surface area contributed by atoms with Crippen LogP contribution in [0.15, 0.2) is 12.3 Å². The largest absolute Gasteiger partial charge is 0.368 e. The second-order valence-electron chi connectivity index (χ2n) is 6.37. The lowest BCUT2D eigenvalue weighted by Crippen LogP contribution is -2.45. The molecule has 0 aromatic carbocycles. The second-order valence-corrected chi connectivity index (χ2v) is 7.37. The number of hydrogen-bond acceptors (Lipinski definition) is 7. The summed E-state index contributed by atoms with van der Waals surface area (Å²) in [4.78, 5) is 41.6. The van der Waals surface area contributed by atoms with Gasteiger partial charge in [-0.2, -0.15) is 0 Å². The minimum absolute atomic E-state index is 0.356. The van der Waals surface area contributed by atoms with E-state index in [-0.39, 0.29) is 6.03 Å². The van der Waals surface area contributed by atoms with Gasteiger partial charge in [0.05, 0.1) is 16.3 Å². The molecule has 3 N–H and O–H groups in total. The summed E-state index contributed by atoms with van der Waals surface area (Å²) in [6, 6.07) is 0.910. The first kappa shape index (κ1) is 19.0. The summed E-state index contributed by atoms with van der Waals surface area (Å²) in [6.45, 7) is 5.20. The quantitative estimate of drug-likeness (QED) is 0.806. The number of nitrogens with two attached hydrogens (primary N) is 1. The van der Waals surface area contributed by atoms with Gasteiger partial charge in [0.15, 0.2) is 5.13 Å². The predicted molar refractivity (Wildman–Crippen MR) is 105 cm³/mol. The molecule has 3 rings (SSSR count). The Morgan fingerprint density at radius 3 is 2.93 bits per heavy atom.